The maximum absolute atomic E-state index is 6.42. The molecule has 0 aromatic rings. The van der Waals surface area contributed by atoms with Crippen molar-refractivity contribution in [2.75, 3.05) is 26.4 Å². The van der Waals surface area contributed by atoms with Crippen molar-refractivity contribution < 1.29 is 18.9 Å². The summed E-state index contributed by atoms with van der Waals surface area (Å²) in [6.45, 7) is 16.3. The van der Waals surface area contributed by atoms with Gasteiger partial charge in [0.2, 0.25) is 9.48 Å². The van der Waals surface area contributed by atoms with E-state index < -0.39 is 28.5 Å². The third-order valence-corrected chi connectivity index (χ3v) is 18.7. The van der Waals surface area contributed by atoms with Crippen LogP contribution in [0, 0.1) is 0 Å². The second kappa shape index (κ2) is 25.0. The quantitative estimate of drug-likeness (QED) is 0.0411. The van der Waals surface area contributed by atoms with E-state index >= 15 is 0 Å². The van der Waals surface area contributed by atoms with Crippen LogP contribution in [0.1, 0.15) is 106 Å². The zero-order valence-electron chi connectivity index (χ0n) is 23.0. The standard InChI is InChI=1S/C24H54O4S4Si2/c1-7-13-15-21-33-23(25-17-9-3,26-18-10-4)29-31-32-30-24(27-19-11-5,28-20-12-6)34-22-16-14-8-2/h7-22,33-34H2,1-6H3. The Balaban J connectivity index is 5.14. The van der Waals surface area contributed by atoms with Crippen LogP contribution in [-0.4, -0.2) is 55.0 Å². The highest BCUT2D eigenvalue weighted by atomic mass is 33.7. The molecule has 0 saturated carbocycles. The maximum atomic E-state index is 6.42. The first-order valence-electron chi connectivity index (χ1n) is 13.8. The molecule has 0 saturated heterocycles. The van der Waals surface area contributed by atoms with Crippen LogP contribution >= 0.6 is 41.2 Å². The Labute approximate surface area is 231 Å². The van der Waals surface area contributed by atoms with Crippen molar-refractivity contribution in [1.82, 2.24) is 0 Å². The van der Waals surface area contributed by atoms with E-state index in [0.29, 0.717) is 0 Å². The average Bonchev–Trinajstić information content (AvgIpc) is 2.86. The minimum absolute atomic E-state index is 0.423. The van der Waals surface area contributed by atoms with Crippen LogP contribution in [0.4, 0.5) is 0 Å². The topological polar surface area (TPSA) is 36.9 Å². The Morgan fingerprint density at radius 1 is 0.471 bits per heavy atom. The summed E-state index contributed by atoms with van der Waals surface area (Å²) < 4.78 is 24.8. The van der Waals surface area contributed by atoms with E-state index in [1.54, 1.807) is 19.7 Å². The average molecular weight is 591 g/mol. The van der Waals surface area contributed by atoms with Gasteiger partial charge in [-0.25, -0.2) is 0 Å². The van der Waals surface area contributed by atoms with Crippen LogP contribution < -0.4 is 0 Å². The summed E-state index contributed by atoms with van der Waals surface area (Å²) in [6, 6.07) is 2.56. The molecule has 0 spiro atoms. The van der Waals surface area contributed by atoms with Gasteiger partial charge in [0, 0.05) is 0 Å². The molecule has 0 amide bonds. The minimum atomic E-state index is -0.529. The summed E-state index contributed by atoms with van der Waals surface area (Å²) in [5.74, 6) is 0. The molecule has 10 heteroatoms. The van der Waals surface area contributed by atoms with Crippen molar-refractivity contribution in [2.24, 2.45) is 0 Å². The van der Waals surface area contributed by atoms with E-state index in [9.17, 15) is 0 Å². The molecule has 0 aliphatic carbocycles. The molecule has 0 unspecified atom stereocenters. The molecule has 0 fully saturated rings. The van der Waals surface area contributed by atoms with E-state index in [1.165, 1.54) is 50.6 Å². The van der Waals surface area contributed by atoms with Gasteiger partial charge in [-0.2, -0.15) is 0 Å². The first-order valence-corrected chi connectivity index (χ1v) is 22.1. The van der Waals surface area contributed by atoms with Crippen molar-refractivity contribution in [1.29, 1.82) is 0 Å². The Hall–Kier alpha value is 1.67. The Bertz CT molecular complexity index is 386. The van der Waals surface area contributed by atoms with Crippen LogP contribution in [0.3, 0.4) is 0 Å². The molecule has 0 aliphatic heterocycles. The zero-order chi connectivity index (χ0) is 25.4. The lowest BCUT2D eigenvalue weighted by molar-refractivity contribution is -0.117. The van der Waals surface area contributed by atoms with Crippen molar-refractivity contribution >= 4 is 60.3 Å². The first kappa shape index (κ1) is 35.7. The van der Waals surface area contributed by atoms with Crippen molar-refractivity contribution in [3.8, 4) is 0 Å². The van der Waals surface area contributed by atoms with E-state index in [4.69, 9.17) is 18.9 Å². The Morgan fingerprint density at radius 3 is 1.06 bits per heavy atom. The maximum Gasteiger partial charge on any atom is 0.200 e. The summed E-state index contributed by atoms with van der Waals surface area (Å²) in [6.07, 6.45) is 11.8. The van der Waals surface area contributed by atoms with Crippen molar-refractivity contribution in [2.45, 2.75) is 127 Å². The Kier molecular flexibility index (Phi) is 26.2. The Morgan fingerprint density at radius 2 is 0.794 bits per heavy atom. The molecule has 0 aliphatic rings. The van der Waals surface area contributed by atoms with Crippen LogP contribution in [0.15, 0.2) is 0 Å². The van der Waals surface area contributed by atoms with Crippen molar-refractivity contribution in [3.05, 3.63) is 0 Å². The lowest BCUT2D eigenvalue weighted by Crippen LogP contribution is -2.39. The highest BCUT2D eigenvalue weighted by Gasteiger charge is 2.36. The fraction of sp³-hybridized carbons (Fsp3) is 1.00. The van der Waals surface area contributed by atoms with Gasteiger partial charge in [0.05, 0.1) is 26.4 Å². The summed E-state index contributed by atoms with van der Waals surface area (Å²) in [4.78, 5) is 0. The van der Waals surface area contributed by atoms with E-state index in [2.05, 4.69) is 41.5 Å². The SMILES string of the molecule is CCCCC[SiH2]C(OCCC)(OCCC)SSSSC(OCCC)(OCCC)[SiH2]CCCCC. The van der Waals surface area contributed by atoms with Crippen LogP contribution in [0.2, 0.25) is 12.1 Å². The highest BCUT2D eigenvalue weighted by Crippen LogP contribution is 2.53. The second-order valence-corrected chi connectivity index (χ2v) is 20.1. The van der Waals surface area contributed by atoms with E-state index in [-0.39, 0.29) is 0 Å². The molecule has 4 nitrogen and oxygen atoms in total. The number of rotatable bonds is 27. The highest BCUT2D eigenvalue weighted by molar-refractivity contribution is 9.26. The molecule has 0 heterocycles. The van der Waals surface area contributed by atoms with Gasteiger partial charge >= 0.3 is 0 Å². The molecule has 0 bridgehead atoms. The molecule has 0 radical (unpaired) electrons. The molecule has 0 atom stereocenters. The fourth-order valence-corrected chi connectivity index (χ4v) is 18.1. The smallest absolute Gasteiger partial charge is 0.200 e. The third-order valence-electron chi connectivity index (χ3n) is 5.13. The number of ether oxygens (including phenoxy) is 4. The second-order valence-electron chi connectivity index (χ2n) is 8.68. The molecular weight excluding hydrogens is 537 g/mol. The number of hydrogen-bond acceptors (Lipinski definition) is 8. The molecule has 0 aromatic heterocycles. The van der Waals surface area contributed by atoms with Gasteiger partial charge in [-0.15, -0.1) is 0 Å². The van der Waals surface area contributed by atoms with Gasteiger partial charge in [-0.1, -0.05) is 92.2 Å². The summed E-state index contributed by atoms with van der Waals surface area (Å²) in [5, 5.41) is 0. The molecule has 206 valence electrons. The van der Waals surface area contributed by atoms with E-state index in [0.717, 1.165) is 52.1 Å². The van der Waals surface area contributed by atoms with Gasteiger partial charge in [-0.05, 0) is 66.9 Å². The predicted octanol–water partition coefficient (Wildman–Crippen LogP) is 8.15. The molecule has 0 N–H and O–H groups in total. The van der Waals surface area contributed by atoms with Crippen LogP contribution in [0.5, 0.6) is 0 Å². The zero-order valence-corrected chi connectivity index (χ0v) is 29.1. The summed E-state index contributed by atoms with van der Waals surface area (Å²) >= 11 is 0. The molecule has 0 rings (SSSR count). The van der Waals surface area contributed by atoms with Gasteiger partial charge < -0.3 is 18.9 Å². The fourth-order valence-electron chi connectivity index (χ4n) is 3.25. The molecule has 0 aromatic carbocycles. The van der Waals surface area contributed by atoms with Crippen LogP contribution in [-0.2, 0) is 18.9 Å². The lowest BCUT2D eigenvalue weighted by atomic mass is 10.3. The van der Waals surface area contributed by atoms with Gasteiger partial charge in [0.15, 0.2) is 0 Å². The molecule has 34 heavy (non-hydrogen) atoms. The third kappa shape index (κ3) is 18.0. The number of hydrogen-bond donors (Lipinski definition) is 0. The van der Waals surface area contributed by atoms with Gasteiger partial charge in [0.25, 0.3) is 0 Å². The normalized spacial score (nSPS) is 13.2. The first-order chi connectivity index (χ1) is 16.6. The van der Waals surface area contributed by atoms with Gasteiger partial charge in [0.1, 0.15) is 19.0 Å². The van der Waals surface area contributed by atoms with Crippen molar-refractivity contribution in [3.63, 3.8) is 0 Å². The van der Waals surface area contributed by atoms with Gasteiger partial charge in [-0.3, -0.25) is 0 Å². The summed E-state index contributed by atoms with van der Waals surface area (Å²) in [5.41, 5.74) is 0. The predicted molar refractivity (Wildman–Crippen MR) is 167 cm³/mol. The van der Waals surface area contributed by atoms with Crippen LogP contribution in [0.25, 0.3) is 0 Å². The summed E-state index contributed by atoms with van der Waals surface area (Å²) in [7, 11) is 6.17. The monoisotopic (exact) mass is 590 g/mol. The van der Waals surface area contributed by atoms with E-state index in [1.807, 2.05) is 21.6 Å². The number of unbranched alkanes of at least 4 members (excludes halogenated alkanes) is 4. The lowest BCUT2D eigenvalue weighted by Gasteiger charge is -2.34. The molecular formula is C24H54O4S4Si2. The minimum Gasteiger partial charge on any atom is -0.345 e. The largest absolute Gasteiger partial charge is 0.345 e.